The number of rotatable bonds is 15. The normalized spacial score (nSPS) is 34.3. The van der Waals surface area contributed by atoms with Crippen molar-refractivity contribution >= 4 is 35.0 Å². The van der Waals surface area contributed by atoms with E-state index in [1.807, 2.05) is 56.3 Å². The number of aliphatic hydroxyl groups excluding tert-OH is 1. The third-order valence-corrected chi connectivity index (χ3v) is 14.4. The summed E-state index contributed by atoms with van der Waals surface area (Å²) in [5.41, 5.74) is -0.587. The molecule has 0 saturated carbocycles. The monoisotopic (exact) mass is 933 g/mol. The number of ether oxygens (including phenoxy) is 6. The number of carbonyl (C=O) groups excluding carboxylic acids is 4. The molecule has 17 heteroatoms. The van der Waals surface area contributed by atoms with Gasteiger partial charge < -0.3 is 43.0 Å². The number of imidazole rings is 1. The highest BCUT2D eigenvalue weighted by Crippen LogP contribution is 2.44. The summed E-state index contributed by atoms with van der Waals surface area (Å²) in [6, 6.07) is 6.11. The van der Waals surface area contributed by atoms with Crippen LogP contribution in [0.15, 0.2) is 61.8 Å². The minimum absolute atomic E-state index is 0.109. The molecule has 1 N–H and O–H groups in total. The molecule has 0 radical (unpaired) electrons. The lowest BCUT2D eigenvalue weighted by Gasteiger charge is -2.48. The largest absolute Gasteiger partial charge is 0.461 e. The number of aryl methyl sites for hydroxylation is 1. The quantitative estimate of drug-likeness (QED) is 0.0813. The minimum atomic E-state index is -1.44. The lowest BCUT2D eigenvalue weighted by Crippen LogP contribution is -2.61. The zero-order chi connectivity index (χ0) is 48.8. The van der Waals surface area contributed by atoms with Crippen molar-refractivity contribution in [1.29, 1.82) is 0 Å². The Morgan fingerprint density at radius 2 is 1.78 bits per heavy atom. The van der Waals surface area contributed by atoms with Gasteiger partial charge in [0.2, 0.25) is 0 Å². The highest BCUT2D eigenvalue weighted by atomic mass is 16.7. The summed E-state index contributed by atoms with van der Waals surface area (Å²) in [6.45, 7) is 19.6. The summed E-state index contributed by atoms with van der Waals surface area (Å²) >= 11 is 0. The van der Waals surface area contributed by atoms with Crippen LogP contribution >= 0.6 is 0 Å². The molecule has 3 aliphatic heterocycles. The number of aliphatic hydroxyl groups is 1. The molecular weight excluding hydrogens is 861 g/mol. The van der Waals surface area contributed by atoms with Crippen molar-refractivity contribution in [2.75, 3.05) is 27.2 Å². The summed E-state index contributed by atoms with van der Waals surface area (Å²) in [6.07, 6.45) is 3.95. The molecule has 3 fully saturated rings. The number of cyclic esters (lactones) is 1. The number of Topliss-reactive ketones (excluding diaryl/α,β-unsaturated/α-hetero) is 1. The van der Waals surface area contributed by atoms with Crippen LogP contribution in [0.1, 0.15) is 93.1 Å². The molecule has 3 aromatic heterocycles. The molecule has 17 nitrogen and oxygen atoms in total. The zero-order valence-corrected chi connectivity index (χ0v) is 40.9. The third kappa shape index (κ3) is 11.2. The Kier molecular flexibility index (Phi) is 17.0. The number of amides is 1. The van der Waals surface area contributed by atoms with Crippen molar-refractivity contribution in [2.45, 2.75) is 161 Å². The molecule has 0 aliphatic carbocycles. The fraction of sp³-hybridized carbons (Fsp3) is 0.660. The average Bonchev–Trinajstić information content (AvgIpc) is 3.84. The molecule has 0 aromatic carbocycles. The van der Waals surface area contributed by atoms with E-state index in [-0.39, 0.29) is 43.7 Å². The maximum absolute atomic E-state index is 15.0. The fourth-order valence-electron chi connectivity index (χ4n) is 10.8. The first-order chi connectivity index (χ1) is 31.9. The van der Waals surface area contributed by atoms with E-state index in [0.29, 0.717) is 43.6 Å². The van der Waals surface area contributed by atoms with E-state index in [9.17, 15) is 19.5 Å². The van der Waals surface area contributed by atoms with Crippen LogP contribution in [-0.4, -0.2) is 146 Å². The molecule has 14 atom stereocenters. The number of ketones is 1. The predicted octanol–water partition coefficient (Wildman–Crippen LogP) is 5.95. The lowest BCUT2D eigenvalue weighted by atomic mass is 9.73. The maximum Gasteiger partial charge on any atom is 0.410 e. The number of hydrogen-bond acceptors (Lipinski definition) is 15. The standard InChI is InChI=1S/C50H72N6O11/c1-12-22-54(10)37-25-31(4)63-47(41(37)59)66-44-33(6)42(65-39(57)26-35-18-16-20-51-28-35)34(7)46(60)64-38(13-2)50(9)43(32(5)40(58)30(3)27-49(44,8)62-11)56(48(61)67-50)24-15-14-23-55-29-53-45-36(55)19-17-21-52-45/h12,16-21,28-34,37-38,41-44,47,59H,1,13-15,22-27H2,2-11H3/t30-,31-,32+,33+,34-,37+,38-,41-,42+,43-,44-,47+,49-,50-/m1/s1. The van der Waals surface area contributed by atoms with Gasteiger partial charge >= 0.3 is 18.0 Å². The average molecular weight is 933 g/mol. The molecular formula is C50H72N6O11. The van der Waals surface area contributed by atoms with Gasteiger partial charge in [-0.1, -0.05) is 39.8 Å². The second-order valence-corrected chi connectivity index (χ2v) is 19.4. The molecule has 368 valence electrons. The summed E-state index contributed by atoms with van der Waals surface area (Å²) in [5, 5.41) is 11.9. The van der Waals surface area contributed by atoms with Gasteiger partial charge in [0.15, 0.2) is 17.5 Å². The highest BCUT2D eigenvalue weighted by Gasteiger charge is 2.60. The van der Waals surface area contributed by atoms with E-state index in [0.717, 1.165) is 5.52 Å². The lowest BCUT2D eigenvalue weighted by molar-refractivity contribution is -0.302. The van der Waals surface area contributed by atoms with Crippen molar-refractivity contribution < 1.29 is 52.7 Å². The molecule has 3 saturated heterocycles. The van der Waals surface area contributed by atoms with Gasteiger partial charge in [-0.3, -0.25) is 24.3 Å². The Morgan fingerprint density at radius 3 is 2.46 bits per heavy atom. The number of pyridine rings is 2. The maximum atomic E-state index is 15.0. The van der Waals surface area contributed by atoms with Crippen molar-refractivity contribution in [2.24, 2.45) is 23.7 Å². The Morgan fingerprint density at radius 1 is 1.04 bits per heavy atom. The Hall–Kier alpha value is -4.81. The number of nitrogens with zero attached hydrogens (tertiary/aromatic N) is 6. The molecule has 0 spiro atoms. The van der Waals surface area contributed by atoms with E-state index in [4.69, 9.17) is 28.4 Å². The van der Waals surface area contributed by atoms with Crippen molar-refractivity contribution in [1.82, 2.24) is 29.3 Å². The molecule has 3 aromatic rings. The van der Waals surface area contributed by atoms with E-state index in [1.54, 1.807) is 75.7 Å². The van der Waals surface area contributed by atoms with Gasteiger partial charge in [-0.15, -0.1) is 6.58 Å². The number of carbonyl (C=O) groups is 4. The second kappa shape index (κ2) is 22.1. The second-order valence-electron chi connectivity index (χ2n) is 19.4. The fourth-order valence-corrected chi connectivity index (χ4v) is 10.8. The molecule has 0 bridgehead atoms. The van der Waals surface area contributed by atoms with Crippen LogP contribution in [0.25, 0.3) is 11.2 Å². The van der Waals surface area contributed by atoms with Gasteiger partial charge in [-0.2, -0.15) is 0 Å². The Labute approximate surface area is 394 Å². The molecule has 3 aliphatic rings. The van der Waals surface area contributed by atoms with Gasteiger partial charge in [0.25, 0.3) is 0 Å². The summed E-state index contributed by atoms with van der Waals surface area (Å²) in [5.74, 6) is -4.87. The summed E-state index contributed by atoms with van der Waals surface area (Å²) < 4.78 is 40.7. The van der Waals surface area contributed by atoms with Gasteiger partial charge in [0.05, 0.1) is 48.0 Å². The zero-order valence-electron chi connectivity index (χ0n) is 40.9. The van der Waals surface area contributed by atoms with Gasteiger partial charge in [0, 0.05) is 69.1 Å². The minimum Gasteiger partial charge on any atom is -0.461 e. The van der Waals surface area contributed by atoms with E-state index < -0.39 is 89.7 Å². The molecule has 6 heterocycles. The Bertz CT molecular complexity index is 2180. The number of hydrogen-bond donors (Lipinski definition) is 1. The number of methoxy groups -OCH3 is 1. The number of esters is 2. The summed E-state index contributed by atoms with van der Waals surface area (Å²) in [7, 11) is 3.42. The first kappa shape index (κ1) is 51.6. The van der Waals surface area contributed by atoms with E-state index >= 15 is 4.79 Å². The van der Waals surface area contributed by atoms with Crippen LogP contribution in [0, 0.1) is 23.7 Å². The molecule has 67 heavy (non-hydrogen) atoms. The third-order valence-electron chi connectivity index (χ3n) is 14.4. The van der Waals surface area contributed by atoms with Crippen LogP contribution in [0.2, 0.25) is 0 Å². The Balaban J connectivity index is 1.37. The van der Waals surface area contributed by atoms with Crippen LogP contribution in [0.4, 0.5) is 4.79 Å². The first-order valence-electron chi connectivity index (χ1n) is 23.8. The highest BCUT2D eigenvalue weighted by molar-refractivity contribution is 5.85. The SMILES string of the molecule is C=CCN(C)[C@H]1C[C@@H](C)O[C@@H](O[C@@H]2[C@@H](C)[C@H](OC(=O)Cc3cccnc3)[C@@H](C)C(=O)O[C@H](CC)[C@@]3(C)OC(=O)N(CCCCn4cnc5ncccc54)[C@@H]3[C@@H](C)C(=O)[C@H](C)C[C@@]2(C)OC)[C@@H]1O. The van der Waals surface area contributed by atoms with Crippen LogP contribution in [0.5, 0.6) is 0 Å². The number of fused-ring (bicyclic) bond motifs is 2. The molecule has 1 amide bonds. The summed E-state index contributed by atoms with van der Waals surface area (Å²) in [4.78, 5) is 74.3. The number of unbranched alkanes of at least 4 members (excludes halogenated alkanes) is 1. The number of aromatic nitrogens is 4. The smallest absolute Gasteiger partial charge is 0.410 e. The van der Waals surface area contributed by atoms with Gasteiger partial charge in [-0.05, 0) is 90.6 Å². The predicted molar refractivity (Wildman–Crippen MR) is 248 cm³/mol. The first-order valence-corrected chi connectivity index (χ1v) is 23.8. The van der Waals surface area contributed by atoms with Crippen LogP contribution < -0.4 is 0 Å². The van der Waals surface area contributed by atoms with Crippen molar-refractivity contribution in [3.63, 3.8) is 0 Å². The topological polar surface area (TPSA) is 194 Å². The van der Waals surface area contributed by atoms with E-state index in [2.05, 4.69) is 21.5 Å². The number of likely N-dealkylation sites (N-methyl/N-ethyl adjacent to an activating group) is 1. The van der Waals surface area contributed by atoms with Crippen molar-refractivity contribution in [3.05, 3.63) is 67.4 Å². The van der Waals surface area contributed by atoms with Crippen LogP contribution in [0.3, 0.4) is 0 Å². The van der Waals surface area contributed by atoms with Gasteiger partial charge in [0.1, 0.15) is 24.1 Å². The molecule has 0 unspecified atom stereocenters. The van der Waals surface area contributed by atoms with Crippen LogP contribution in [-0.2, 0) is 55.8 Å². The van der Waals surface area contributed by atoms with Gasteiger partial charge in [-0.25, -0.2) is 14.8 Å². The van der Waals surface area contributed by atoms with Crippen molar-refractivity contribution in [3.8, 4) is 0 Å². The van der Waals surface area contributed by atoms with E-state index in [1.165, 1.54) is 7.11 Å². The molecule has 6 rings (SSSR count).